The molecule has 2 N–H and O–H groups in total. The van der Waals surface area contributed by atoms with Crippen molar-refractivity contribution in [3.8, 4) is 5.75 Å². The van der Waals surface area contributed by atoms with Gasteiger partial charge in [-0.15, -0.1) is 0 Å². The summed E-state index contributed by atoms with van der Waals surface area (Å²) in [5.74, 6) is 0.841. The van der Waals surface area contributed by atoms with Crippen molar-refractivity contribution in [1.82, 2.24) is 5.32 Å². The van der Waals surface area contributed by atoms with Crippen molar-refractivity contribution in [1.29, 1.82) is 0 Å². The first-order chi connectivity index (χ1) is 9.74. The van der Waals surface area contributed by atoms with E-state index in [9.17, 15) is 5.11 Å². The fraction of sp³-hybridized carbons (Fsp3) is 0.250. The molecule has 0 aromatic heterocycles. The van der Waals surface area contributed by atoms with Gasteiger partial charge < -0.3 is 15.2 Å². The summed E-state index contributed by atoms with van der Waals surface area (Å²) in [7, 11) is 0. The fourth-order valence-electron chi connectivity index (χ4n) is 2.45. The summed E-state index contributed by atoms with van der Waals surface area (Å²) in [6.45, 7) is 1.86. The number of nitrogens with one attached hydrogen (secondary N) is 1. The minimum absolute atomic E-state index is 0.451. The third kappa shape index (κ3) is 2.87. The second-order valence-corrected chi connectivity index (χ2v) is 5.80. The normalized spacial score (nSPS) is 17.6. The van der Waals surface area contributed by atoms with Gasteiger partial charge in [-0.25, -0.2) is 0 Å². The molecule has 0 spiro atoms. The van der Waals surface area contributed by atoms with Crippen molar-refractivity contribution >= 4 is 15.9 Å². The molecule has 3 rings (SSSR count). The molecule has 0 amide bonds. The molecule has 1 unspecified atom stereocenters. The lowest BCUT2D eigenvalue weighted by Gasteiger charge is -2.24. The highest BCUT2D eigenvalue weighted by atomic mass is 79.9. The number of benzene rings is 2. The van der Waals surface area contributed by atoms with E-state index in [2.05, 4.69) is 21.2 Å². The number of aliphatic hydroxyl groups is 1. The highest BCUT2D eigenvalue weighted by molar-refractivity contribution is 9.10. The lowest BCUT2D eigenvalue weighted by Crippen LogP contribution is -2.28. The highest BCUT2D eigenvalue weighted by Gasteiger charge is 2.20. The number of β-amino-alcohol motifs (C(OH)–C–C–N with tert-alkyl or cyclic N) is 1. The van der Waals surface area contributed by atoms with Gasteiger partial charge >= 0.3 is 0 Å². The van der Waals surface area contributed by atoms with Gasteiger partial charge in [-0.05, 0) is 29.3 Å². The first-order valence-corrected chi connectivity index (χ1v) is 7.41. The Hall–Kier alpha value is -1.36. The molecule has 1 aliphatic rings. The molecule has 3 nitrogen and oxygen atoms in total. The lowest BCUT2D eigenvalue weighted by atomic mass is 9.98. The molecular weight excluding hydrogens is 318 g/mol. The first kappa shape index (κ1) is 13.6. The van der Waals surface area contributed by atoms with Crippen LogP contribution in [0.3, 0.4) is 0 Å². The molecule has 0 aliphatic carbocycles. The van der Waals surface area contributed by atoms with Crippen LogP contribution >= 0.6 is 15.9 Å². The van der Waals surface area contributed by atoms with Crippen LogP contribution in [0, 0.1) is 0 Å². The Kier molecular flexibility index (Phi) is 4.05. The van der Waals surface area contributed by atoms with Crippen LogP contribution in [0.25, 0.3) is 0 Å². The van der Waals surface area contributed by atoms with Crippen molar-refractivity contribution < 1.29 is 9.84 Å². The van der Waals surface area contributed by atoms with Gasteiger partial charge in [0.2, 0.25) is 0 Å². The Bertz CT molecular complexity index is 615. The maximum Gasteiger partial charge on any atom is 0.124 e. The molecule has 1 aliphatic heterocycles. The van der Waals surface area contributed by atoms with Crippen LogP contribution in [0.5, 0.6) is 5.75 Å². The smallest absolute Gasteiger partial charge is 0.124 e. The summed E-state index contributed by atoms with van der Waals surface area (Å²) in [6, 6.07) is 13.9. The zero-order valence-corrected chi connectivity index (χ0v) is 12.6. The predicted octanol–water partition coefficient (Wildman–Crippen LogP) is 3.16. The molecule has 0 saturated carbocycles. The minimum Gasteiger partial charge on any atom is -0.489 e. The average molecular weight is 334 g/mol. The van der Waals surface area contributed by atoms with Gasteiger partial charge in [0.05, 0.1) is 6.10 Å². The summed E-state index contributed by atoms with van der Waals surface area (Å²) in [6.07, 6.45) is -0.451. The van der Waals surface area contributed by atoms with E-state index in [0.29, 0.717) is 13.2 Å². The van der Waals surface area contributed by atoms with Crippen LogP contribution in [0.15, 0.2) is 46.9 Å². The van der Waals surface area contributed by atoms with E-state index in [0.717, 1.165) is 33.5 Å². The van der Waals surface area contributed by atoms with Gasteiger partial charge in [-0.1, -0.05) is 40.2 Å². The Balaban J connectivity index is 1.80. The molecular formula is C16H16BrNO2. The Morgan fingerprint density at radius 2 is 2.10 bits per heavy atom. The summed E-state index contributed by atoms with van der Waals surface area (Å²) >= 11 is 3.46. The third-order valence-electron chi connectivity index (χ3n) is 3.45. The largest absolute Gasteiger partial charge is 0.489 e. The molecule has 0 saturated heterocycles. The van der Waals surface area contributed by atoms with Gasteiger partial charge in [-0.3, -0.25) is 0 Å². The zero-order valence-electron chi connectivity index (χ0n) is 11.0. The lowest BCUT2D eigenvalue weighted by molar-refractivity contribution is 0.163. The number of fused-ring (bicyclic) bond motifs is 1. The standard InChI is InChI=1S/C16H16BrNO2/c17-12-4-1-3-11(7-12)10-20-16-6-2-5-13-14(16)8-18-9-15(13)19/h1-7,15,18-19H,8-10H2. The van der Waals surface area contributed by atoms with Gasteiger partial charge in [0, 0.05) is 23.1 Å². The maximum atomic E-state index is 9.98. The first-order valence-electron chi connectivity index (χ1n) is 6.62. The number of rotatable bonds is 3. The SMILES string of the molecule is OC1CNCc2c(OCc3cccc(Br)c3)cccc21. The van der Waals surface area contributed by atoms with Gasteiger partial charge in [0.25, 0.3) is 0 Å². The number of hydrogen-bond acceptors (Lipinski definition) is 3. The molecule has 104 valence electrons. The summed E-state index contributed by atoms with van der Waals surface area (Å²) in [5, 5.41) is 13.2. The second kappa shape index (κ2) is 5.95. The highest BCUT2D eigenvalue weighted by Crippen LogP contribution is 2.30. The maximum absolute atomic E-state index is 9.98. The van der Waals surface area contributed by atoms with Crippen molar-refractivity contribution in [2.24, 2.45) is 0 Å². The van der Waals surface area contributed by atoms with E-state index in [1.807, 2.05) is 42.5 Å². The van der Waals surface area contributed by atoms with Crippen molar-refractivity contribution in [3.05, 3.63) is 63.6 Å². The minimum atomic E-state index is -0.451. The molecule has 4 heteroatoms. The van der Waals surface area contributed by atoms with E-state index in [1.165, 1.54) is 0 Å². The molecule has 1 heterocycles. The molecule has 1 atom stereocenters. The predicted molar refractivity (Wildman–Crippen MR) is 81.6 cm³/mol. The van der Waals surface area contributed by atoms with Crippen molar-refractivity contribution in [2.75, 3.05) is 6.54 Å². The quantitative estimate of drug-likeness (QED) is 0.906. The van der Waals surface area contributed by atoms with Crippen LogP contribution in [-0.4, -0.2) is 11.7 Å². The summed E-state index contributed by atoms with van der Waals surface area (Å²) < 4.78 is 6.97. The molecule has 0 fully saturated rings. The van der Waals surface area contributed by atoms with Gasteiger partial charge in [-0.2, -0.15) is 0 Å². The van der Waals surface area contributed by atoms with E-state index in [4.69, 9.17) is 4.74 Å². The van der Waals surface area contributed by atoms with Crippen LogP contribution in [-0.2, 0) is 13.2 Å². The Labute approximate surface area is 126 Å². The summed E-state index contributed by atoms with van der Waals surface area (Å²) in [5.41, 5.74) is 3.14. The van der Waals surface area contributed by atoms with Crippen LogP contribution in [0.1, 0.15) is 22.8 Å². The van der Waals surface area contributed by atoms with E-state index in [-0.39, 0.29) is 0 Å². The number of aliphatic hydroxyl groups excluding tert-OH is 1. The number of hydrogen-bond donors (Lipinski definition) is 2. The Morgan fingerprint density at radius 3 is 2.95 bits per heavy atom. The van der Waals surface area contributed by atoms with Crippen LogP contribution < -0.4 is 10.1 Å². The summed E-state index contributed by atoms with van der Waals surface area (Å²) in [4.78, 5) is 0. The molecule has 2 aromatic carbocycles. The van der Waals surface area contributed by atoms with E-state index >= 15 is 0 Å². The third-order valence-corrected chi connectivity index (χ3v) is 3.94. The number of ether oxygens (including phenoxy) is 1. The zero-order chi connectivity index (χ0) is 13.9. The van der Waals surface area contributed by atoms with Crippen molar-refractivity contribution in [3.63, 3.8) is 0 Å². The molecule has 20 heavy (non-hydrogen) atoms. The molecule has 0 bridgehead atoms. The Morgan fingerprint density at radius 1 is 1.25 bits per heavy atom. The van der Waals surface area contributed by atoms with E-state index < -0.39 is 6.10 Å². The van der Waals surface area contributed by atoms with Gasteiger partial charge in [0.15, 0.2) is 0 Å². The van der Waals surface area contributed by atoms with Crippen molar-refractivity contribution in [2.45, 2.75) is 19.3 Å². The van der Waals surface area contributed by atoms with Crippen LogP contribution in [0.2, 0.25) is 0 Å². The monoisotopic (exact) mass is 333 g/mol. The molecule has 2 aromatic rings. The second-order valence-electron chi connectivity index (χ2n) is 4.89. The van der Waals surface area contributed by atoms with Gasteiger partial charge in [0.1, 0.15) is 12.4 Å². The van der Waals surface area contributed by atoms with E-state index in [1.54, 1.807) is 0 Å². The number of halogens is 1. The van der Waals surface area contributed by atoms with Crippen LogP contribution in [0.4, 0.5) is 0 Å². The topological polar surface area (TPSA) is 41.5 Å². The fourth-order valence-corrected chi connectivity index (χ4v) is 2.90. The molecule has 0 radical (unpaired) electrons. The average Bonchev–Trinajstić information content (AvgIpc) is 2.46.